The van der Waals surface area contributed by atoms with Crippen molar-refractivity contribution in [3.05, 3.63) is 0 Å². The van der Waals surface area contributed by atoms with E-state index in [9.17, 15) is 14.4 Å². The molecule has 0 rings (SSSR count). The molecule has 344 valence electrons. The number of carbonyl (C=O) groups is 3. The van der Waals surface area contributed by atoms with Gasteiger partial charge in [-0.3, -0.25) is 14.4 Å². The average molecular weight is 821 g/mol. The first-order valence-corrected chi connectivity index (χ1v) is 25.9. The van der Waals surface area contributed by atoms with Crippen molar-refractivity contribution in [2.75, 3.05) is 13.2 Å². The first-order valence-electron chi connectivity index (χ1n) is 25.9. The maximum atomic E-state index is 12.7. The van der Waals surface area contributed by atoms with Gasteiger partial charge >= 0.3 is 17.9 Å². The molecule has 0 spiro atoms. The van der Waals surface area contributed by atoms with E-state index < -0.39 is 6.10 Å². The lowest BCUT2D eigenvalue weighted by molar-refractivity contribution is -0.167. The third-order valence-electron chi connectivity index (χ3n) is 11.8. The van der Waals surface area contributed by atoms with Gasteiger partial charge in [0.1, 0.15) is 13.2 Å². The SMILES string of the molecule is CCCCCCCCCCCCCC(=O)O[C@H](COC(=O)CCCCCCCCCCCC)COC(=O)CCCCCCCCCCCCCCCCCCC(C)C. The number of carbonyl (C=O) groups excluding carboxylic acids is 3. The second kappa shape index (κ2) is 46.5. The zero-order valence-electron chi connectivity index (χ0n) is 39.5. The normalized spacial score (nSPS) is 11.9. The molecule has 0 aliphatic carbocycles. The number of hydrogen-bond acceptors (Lipinski definition) is 6. The van der Waals surface area contributed by atoms with E-state index in [1.165, 1.54) is 186 Å². The van der Waals surface area contributed by atoms with E-state index in [2.05, 4.69) is 27.7 Å². The fraction of sp³-hybridized carbons (Fsp3) is 0.942. The van der Waals surface area contributed by atoms with Crippen LogP contribution in [0.3, 0.4) is 0 Å². The second-order valence-electron chi connectivity index (χ2n) is 18.3. The van der Waals surface area contributed by atoms with Gasteiger partial charge in [-0.2, -0.15) is 0 Å². The molecule has 58 heavy (non-hydrogen) atoms. The van der Waals surface area contributed by atoms with Gasteiger partial charge in [-0.1, -0.05) is 252 Å². The minimum atomic E-state index is -0.759. The topological polar surface area (TPSA) is 78.9 Å². The molecule has 0 heterocycles. The quantitative estimate of drug-likeness (QED) is 0.0346. The Balaban J connectivity index is 4.21. The number of ether oxygens (including phenoxy) is 3. The molecule has 0 aromatic carbocycles. The summed E-state index contributed by atoms with van der Waals surface area (Å²) in [5.41, 5.74) is 0. The van der Waals surface area contributed by atoms with Crippen molar-refractivity contribution in [2.45, 2.75) is 297 Å². The molecule has 0 unspecified atom stereocenters. The molecular formula is C52H100O6. The molecule has 6 heteroatoms. The van der Waals surface area contributed by atoms with Crippen molar-refractivity contribution >= 4 is 17.9 Å². The van der Waals surface area contributed by atoms with Crippen molar-refractivity contribution in [1.29, 1.82) is 0 Å². The molecule has 0 bridgehead atoms. The highest BCUT2D eigenvalue weighted by atomic mass is 16.6. The van der Waals surface area contributed by atoms with Crippen LogP contribution in [-0.4, -0.2) is 37.2 Å². The van der Waals surface area contributed by atoms with Crippen LogP contribution in [0.5, 0.6) is 0 Å². The molecule has 0 aliphatic rings. The number of esters is 3. The third-order valence-corrected chi connectivity index (χ3v) is 11.8. The van der Waals surface area contributed by atoms with Crippen molar-refractivity contribution in [3.63, 3.8) is 0 Å². The molecule has 0 saturated carbocycles. The van der Waals surface area contributed by atoms with E-state index in [4.69, 9.17) is 14.2 Å². The van der Waals surface area contributed by atoms with Crippen LogP contribution in [0.15, 0.2) is 0 Å². The Morgan fingerprint density at radius 2 is 0.569 bits per heavy atom. The lowest BCUT2D eigenvalue weighted by atomic mass is 10.0. The fourth-order valence-corrected chi connectivity index (χ4v) is 7.86. The summed E-state index contributed by atoms with van der Waals surface area (Å²) in [5, 5.41) is 0. The zero-order valence-corrected chi connectivity index (χ0v) is 39.5. The largest absolute Gasteiger partial charge is 0.462 e. The van der Waals surface area contributed by atoms with Gasteiger partial charge in [0.05, 0.1) is 0 Å². The van der Waals surface area contributed by atoms with E-state index in [1.54, 1.807) is 0 Å². The Hall–Kier alpha value is -1.59. The van der Waals surface area contributed by atoms with Crippen molar-refractivity contribution in [2.24, 2.45) is 5.92 Å². The van der Waals surface area contributed by atoms with Crippen molar-refractivity contribution in [3.8, 4) is 0 Å². The molecule has 0 aromatic heterocycles. The maximum Gasteiger partial charge on any atom is 0.306 e. The summed E-state index contributed by atoms with van der Waals surface area (Å²) in [6.07, 6.45) is 48.0. The molecule has 0 aliphatic heterocycles. The molecule has 1 atom stereocenters. The van der Waals surface area contributed by atoms with Gasteiger partial charge in [0.15, 0.2) is 6.10 Å². The van der Waals surface area contributed by atoms with Crippen molar-refractivity contribution < 1.29 is 28.6 Å². The van der Waals surface area contributed by atoms with Gasteiger partial charge in [0, 0.05) is 19.3 Å². The molecule has 0 radical (unpaired) electrons. The molecule has 6 nitrogen and oxygen atoms in total. The highest BCUT2D eigenvalue weighted by molar-refractivity contribution is 5.71. The fourth-order valence-electron chi connectivity index (χ4n) is 7.86. The van der Waals surface area contributed by atoms with E-state index in [1.807, 2.05) is 0 Å². The van der Waals surface area contributed by atoms with Gasteiger partial charge in [-0.25, -0.2) is 0 Å². The summed E-state index contributed by atoms with van der Waals surface area (Å²) in [6.45, 7) is 9.02. The third kappa shape index (κ3) is 45.5. The van der Waals surface area contributed by atoms with Crippen LogP contribution < -0.4 is 0 Å². The Bertz CT molecular complexity index is 872. The highest BCUT2D eigenvalue weighted by Crippen LogP contribution is 2.17. The Morgan fingerprint density at radius 3 is 0.845 bits per heavy atom. The van der Waals surface area contributed by atoms with Crippen LogP contribution in [0.25, 0.3) is 0 Å². The lowest BCUT2D eigenvalue weighted by Crippen LogP contribution is -2.30. The Kier molecular flexibility index (Phi) is 45.2. The summed E-state index contributed by atoms with van der Waals surface area (Å²) in [7, 11) is 0. The van der Waals surface area contributed by atoms with Gasteiger partial charge in [-0.15, -0.1) is 0 Å². The molecular weight excluding hydrogens is 721 g/mol. The van der Waals surface area contributed by atoms with Crippen LogP contribution in [0, 0.1) is 5.92 Å². The molecule has 0 fully saturated rings. The lowest BCUT2D eigenvalue weighted by Gasteiger charge is -2.18. The monoisotopic (exact) mass is 821 g/mol. The van der Waals surface area contributed by atoms with Gasteiger partial charge < -0.3 is 14.2 Å². The first-order chi connectivity index (χ1) is 28.4. The number of unbranched alkanes of at least 4 members (excludes halogenated alkanes) is 34. The summed E-state index contributed by atoms with van der Waals surface area (Å²) < 4.78 is 16.8. The van der Waals surface area contributed by atoms with E-state index >= 15 is 0 Å². The predicted molar refractivity (Wildman–Crippen MR) is 247 cm³/mol. The van der Waals surface area contributed by atoms with Gasteiger partial charge in [0.2, 0.25) is 0 Å². The maximum absolute atomic E-state index is 12.7. The average Bonchev–Trinajstić information content (AvgIpc) is 3.21. The van der Waals surface area contributed by atoms with E-state index in [0.29, 0.717) is 19.3 Å². The summed E-state index contributed by atoms with van der Waals surface area (Å²) in [4.78, 5) is 37.8. The Morgan fingerprint density at radius 1 is 0.328 bits per heavy atom. The minimum absolute atomic E-state index is 0.0627. The van der Waals surface area contributed by atoms with E-state index in [0.717, 1.165) is 63.7 Å². The van der Waals surface area contributed by atoms with Crippen LogP contribution in [0.2, 0.25) is 0 Å². The molecule has 0 saturated heterocycles. The van der Waals surface area contributed by atoms with Gasteiger partial charge in [-0.05, 0) is 25.2 Å². The second-order valence-corrected chi connectivity index (χ2v) is 18.3. The van der Waals surface area contributed by atoms with Crippen LogP contribution >= 0.6 is 0 Å². The van der Waals surface area contributed by atoms with Crippen molar-refractivity contribution in [1.82, 2.24) is 0 Å². The predicted octanol–water partition coefficient (Wildman–Crippen LogP) is 16.7. The van der Waals surface area contributed by atoms with Crippen LogP contribution in [-0.2, 0) is 28.6 Å². The highest BCUT2D eigenvalue weighted by Gasteiger charge is 2.19. The minimum Gasteiger partial charge on any atom is -0.462 e. The van der Waals surface area contributed by atoms with Crippen LogP contribution in [0.4, 0.5) is 0 Å². The standard InChI is InChI=1S/C52H100O6/c1-5-7-9-11-13-15-23-29-33-37-41-45-52(55)58-49(46-56-50(53)43-39-35-31-27-16-14-12-10-8-6-2)47-57-51(54)44-40-36-32-28-25-22-20-18-17-19-21-24-26-30-34-38-42-48(3)4/h48-49H,5-47H2,1-4H3/t49-/m1/s1. The number of rotatable bonds is 47. The van der Waals surface area contributed by atoms with Gasteiger partial charge in [0.25, 0.3) is 0 Å². The van der Waals surface area contributed by atoms with Crippen LogP contribution in [0.1, 0.15) is 291 Å². The molecule has 0 amide bonds. The first kappa shape index (κ1) is 56.4. The summed E-state index contributed by atoms with van der Waals surface area (Å²) >= 11 is 0. The molecule has 0 N–H and O–H groups in total. The number of hydrogen-bond donors (Lipinski definition) is 0. The smallest absolute Gasteiger partial charge is 0.306 e. The summed E-state index contributed by atoms with van der Waals surface area (Å²) in [5.74, 6) is 0.00633. The zero-order chi connectivity index (χ0) is 42.4. The Labute approximate surface area is 361 Å². The van der Waals surface area contributed by atoms with E-state index in [-0.39, 0.29) is 31.1 Å². The molecule has 0 aromatic rings. The summed E-state index contributed by atoms with van der Waals surface area (Å²) in [6, 6.07) is 0.